The summed E-state index contributed by atoms with van der Waals surface area (Å²) in [6.45, 7) is 2.55. The molecule has 0 bridgehead atoms. The van der Waals surface area contributed by atoms with E-state index in [0.717, 1.165) is 0 Å². The van der Waals surface area contributed by atoms with Gasteiger partial charge in [-0.25, -0.2) is 4.99 Å². The van der Waals surface area contributed by atoms with E-state index in [1.807, 2.05) is 6.92 Å². The summed E-state index contributed by atoms with van der Waals surface area (Å²) in [5, 5.41) is 8.43. The van der Waals surface area contributed by atoms with Crippen molar-refractivity contribution in [2.75, 3.05) is 13.2 Å². The van der Waals surface area contributed by atoms with E-state index < -0.39 is 0 Å². The third-order valence-corrected chi connectivity index (χ3v) is 0.997. The second kappa shape index (κ2) is 2.13. The lowest BCUT2D eigenvalue weighted by atomic mass is 10.4. The van der Waals surface area contributed by atoms with Crippen LogP contribution in [-0.2, 0) is 4.74 Å². The number of ether oxygens (including phenoxy) is 1. The van der Waals surface area contributed by atoms with Gasteiger partial charge in [-0.1, -0.05) is 0 Å². The Hall–Kier alpha value is -0.570. The van der Waals surface area contributed by atoms with Crippen LogP contribution in [0.5, 0.6) is 0 Å². The Morgan fingerprint density at radius 1 is 2.00 bits per heavy atom. The highest BCUT2D eigenvalue weighted by Crippen LogP contribution is 2.01. The second-order valence-electron chi connectivity index (χ2n) is 1.82. The number of hydrogen-bond donors (Lipinski definition) is 1. The monoisotopic (exact) mass is 115 g/mol. The van der Waals surface area contributed by atoms with Gasteiger partial charge in [-0.05, 0) is 6.92 Å². The summed E-state index contributed by atoms with van der Waals surface area (Å²) in [5.41, 5.74) is 0. The number of aliphatic hydroxyl groups is 1. The minimum Gasteiger partial charge on any atom is -0.474 e. The molecule has 0 saturated heterocycles. The molecular formula is C5H9NO2. The molecule has 0 aromatic heterocycles. The molecule has 0 saturated carbocycles. The maximum Gasteiger partial charge on any atom is 0.210 e. The van der Waals surface area contributed by atoms with Gasteiger partial charge in [0.05, 0.1) is 6.54 Å². The molecule has 0 fully saturated rings. The maximum absolute atomic E-state index is 8.43. The predicted octanol–water partition coefficient (Wildman–Crippen LogP) is -0.204. The van der Waals surface area contributed by atoms with Gasteiger partial charge >= 0.3 is 0 Å². The van der Waals surface area contributed by atoms with Crippen LogP contribution in [0.15, 0.2) is 4.99 Å². The van der Waals surface area contributed by atoms with Crippen molar-refractivity contribution in [2.45, 2.75) is 13.0 Å². The zero-order valence-electron chi connectivity index (χ0n) is 4.79. The molecule has 1 atom stereocenters. The Kier molecular flexibility index (Phi) is 1.48. The Labute approximate surface area is 48.0 Å². The summed E-state index contributed by atoms with van der Waals surface area (Å²) < 4.78 is 5.01. The largest absolute Gasteiger partial charge is 0.474 e. The van der Waals surface area contributed by atoms with Crippen molar-refractivity contribution >= 4 is 5.90 Å². The Morgan fingerprint density at radius 2 is 2.75 bits per heavy atom. The first kappa shape index (κ1) is 5.56. The number of rotatable bonds is 1. The van der Waals surface area contributed by atoms with Gasteiger partial charge in [-0.15, -0.1) is 0 Å². The van der Waals surface area contributed by atoms with Gasteiger partial charge in [-0.2, -0.15) is 0 Å². The SMILES string of the molecule is C[C@@H]1CN=C(CO)O1. The van der Waals surface area contributed by atoms with Crippen molar-refractivity contribution < 1.29 is 9.84 Å². The summed E-state index contributed by atoms with van der Waals surface area (Å²) in [7, 11) is 0. The molecule has 0 aromatic rings. The number of aliphatic imine (C=N–C) groups is 1. The molecule has 0 aliphatic carbocycles. The lowest BCUT2D eigenvalue weighted by molar-refractivity contribution is 0.217. The average Bonchev–Trinajstić information content (AvgIpc) is 2.14. The van der Waals surface area contributed by atoms with E-state index >= 15 is 0 Å². The van der Waals surface area contributed by atoms with Gasteiger partial charge in [0.2, 0.25) is 5.90 Å². The fraction of sp³-hybridized carbons (Fsp3) is 0.800. The first-order chi connectivity index (χ1) is 3.83. The molecule has 3 nitrogen and oxygen atoms in total. The van der Waals surface area contributed by atoms with Crippen molar-refractivity contribution in [3.8, 4) is 0 Å². The average molecular weight is 115 g/mol. The summed E-state index contributed by atoms with van der Waals surface area (Å²) in [5.74, 6) is 0.470. The number of aliphatic hydroxyl groups excluding tert-OH is 1. The predicted molar refractivity (Wildman–Crippen MR) is 29.9 cm³/mol. The molecule has 0 radical (unpaired) electrons. The topological polar surface area (TPSA) is 41.8 Å². The Balaban J connectivity index is 2.37. The van der Waals surface area contributed by atoms with Gasteiger partial charge in [0.15, 0.2) is 0 Å². The second-order valence-corrected chi connectivity index (χ2v) is 1.82. The highest BCUT2D eigenvalue weighted by molar-refractivity contribution is 5.78. The van der Waals surface area contributed by atoms with Crippen molar-refractivity contribution in [3.05, 3.63) is 0 Å². The van der Waals surface area contributed by atoms with E-state index in [4.69, 9.17) is 9.84 Å². The molecular weight excluding hydrogens is 106 g/mol. The highest BCUT2D eigenvalue weighted by atomic mass is 16.5. The van der Waals surface area contributed by atoms with Gasteiger partial charge in [0.25, 0.3) is 0 Å². The van der Waals surface area contributed by atoms with Gasteiger partial charge < -0.3 is 9.84 Å². The molecule has 1 aliphatic heterocycles. The minimum atomic E-state index is -0.0651. The smallest absolute Gasteiger partial charge is 0.210 e. The summed E-state index contributed by atoms with van der Waals surface area (Å²) in [6, 6.07) is 0. The van der Waals surface area contributed by atoms with Crippen LogP contribution in [0.25, 0.3) is 0 Å². The summed E-state index contributed by atoms with van der Waals surface area (Å²) in [6.07, 6.45) is 0.164. The molecule has 3 heteroatoms. The molecule has 0 aromatic carbocycles. The fourth-order valence-electron chi connectivity index (χ4n) is 0.624. The van der Waals surface area contributed by atoms with E-state index in [1.54, 1.807) is 0 Å². The minimum absolute atomic E-state index is 0.0651. The Bertz CT molecular complexity index is 111. The molecule has 0 unspecified atom stereocenters. The van der Waals surface area contributed by atoms with Crippen LogP contribution in [0.1, 0.15) is 6.92 Å². The van der Waals surface area contributed by atoms with Crippen LogP contribution < -0.4 is 0 Å². The third kappa shape index (κ3) is 0.980. The van der Waals surface area contributed by atoms with E-state index in [-0.39, 0.29) is 12.7 Å². The lowest BCUT2D eigenvalue weighted by Gasteiger charge is -2.00. The van der Waals surface area contributed by atoms with Crippen LogP contribution in [0, 0.1) is 0 Å². The van der Waals surface area contributed by atoms with Crippen molar-refractivity contribution in [1.82, 2.24) is 0 Å². The van der Waals surface area contributed by atoms with E-state index in [1.165, 1.54) is 0 Å². The maximum atomic E-state index is 8.43. The number of hydrogen-bond acceptors (Lipinski definition) is 3. The quantitative estimate of drug-likeness (QED) is 0.514. The molecule has 1 rings (SSSR count). The van der Waals surface area contributed by atoms with Crippen LogP contribution in [0.2, 0.25) is 0 Å². The molecule has 1 N–H and O–H groups in total. The summed E-state index contributed by atoms with van der Waals surface area (Å²) >= 11 is 0. The first-order valence-corrected chi connectivity index (χ1v) is 2.64. The van der Waals surface area contributed by atoms with E-state index in [0.29, 0.717) is 12.4 Å². The first-order valence-electron chi connectivity index (χ1n) is 2.64. The standard InChI is InChI=1S/C5H9NO2/c1-4-2-6-5(3-7)8-4/h4,7H,2-3H2,1H3/t4-/m1/s1. The van der Waals surface area contributed by atoms with Gasteiger partial charge in [0, 0.05) is 0 Å². The van der Waals surface area contributed by atoms with Crippen molar-refractivity contribution in [3.63, 3.8) is 0 Å². The molecule has 1 aliphatic rings. The molecule has 46 valence electrons. The van der Waals surface area contributed by atoms with Gasteiger partial charge in [-0.3, -0.25) is 0 Å². The number of nitrogens with zero attached hydrogens (tertiary/aromatic N) is 1. The zero-order valence-corrected chi connectivity index (χ0v) is 4.79. The Morgan fingerprint density at radius 3 is 3.00 bits per heavy atom. The molecule has 0 amide bonds. The molecule has 1 heterocycles. The summed E-state index contributed by atoms with van der Waals surface area (Å²) in [4.78, 5) is 3.88. The molecule has 0 spiro atoms. The highest BCUT2D eigenvalue weighted by Gasteiger charge is 2.12. The third-order valence-electron chi connectivity index (χ3n) is 0.997. The van der Waals surface area contributed by atoms with Crippen molar-refractivity contribution in [2.24, 2.45) is 4.99 Å². The van der Waals surface area contributed by atoms with Crippen LogP contribution in [0.4, 0.5) is 0 Å². The van der Waals surface area contributed by atoms with Crippen LogP contribution in [-0.4, -0.2) is 30.3 Å². The van der Waals surface area contributed by atoms with Gasteiger partial charge in [0.1, 0.15) is 12.7 Å². The normalized spacial score (nSPS) is 27.2. The van der Waals surface area contributed by atoms with Crippen LogP contribution >= 0.6 is 0 Å². The lowest BCUT2D eigenvalue weighted by Crippen LogP contribution is -2.10. The van der Waals surface area contributed by atoms with E-state index in [9.17, 15) is 0 Å². The fourth-order valence-corrected chi connectivity index (χ4v) is 0.624. The van der Waals surface area contributed by atoms with Crippen molar-refractivity contribution in [1.29, 1.82) is 0 Å². The van der Waals surface area contributed by atoms with Crippen LogP contribution in [0.3, 0.4) is 0 Å². The zero-order chi connectivity index (χ0) is 5.98. The van der Waals surface area contributed by atoms with E-state index in [2.05, 4.69) is 4.99 Å². The molecule has 8 heavy (non-hydrogen) atoms.